The Balaban J connectivity index is 1.86. The maximum absolute atomic E-state index is 11.9. The molecular weight excluding hydrogens is 246 g/mol. The van der Waals surface area contributed by atoms with E-state index in [0.717, 1.165) is 13.0 Å². The van der Waals surface area contributed by atoms with Crippen LogP contribution < -0.4 is 0 Å². The van der Waals surface area contributed by atoms with Gasteiger partial charge in [0.15, 0.2) is 0 Å². The highest BCUT2D eigenvalue weighted by Crippen LogP contribution is 2.35. The smallest absolute Gasteiger partial charge is 0.410 e. The zero-order valence-electron chi connectivity index (χ0n) is 12.1. The van der Waals surface area contributed by atoms with Crippen molar-refractivity contribution in [3.05, 3.63) is 0 Å². The van der Waals surface area contributed by atoms with Gasteiger partial charge >= 0.3 is 6.09 Å². The first-order valence-corrected chi connectivity index (χ1v) is 7.08. The van der Waals surface area contributed by atoms with Crippen LogP contribution >= 0.6 is 0 Å². The van der Waals surface area contributed by atoms with E-state index < -0.39 is 11.2 Å². The highest BCUT2D eigenvalue weighted by atomic mass is 16.6. The maximum atomic E-state index is 11.9. The van der Waals surface area contributed by atoms with Gasteiger partial charge in [0.2, 0.25) is 0 Å². The molecule has 2 heterocycles. The molecule has 2 fully saturated rings. The molecule has 19 heavy (non-hydrogen) atoms. The van der Waals surface area contributed by atoms with E-state index >= 15 is 0 Å². The zero-order chi connectivity index (χ0) is 14.1. The van der Waals surface area contributed by atoms with Crippen LogP contribution in [0.25, 0.3) is 0 Å². The van der Waals surface area contributed by atoms with Gasteiger partial charge in [-0.15, -0.1) is 0 Å². The highest BCUT2D eigenvalue weighted by Gasteiger charge is 2.42. The first-order chi connectivity index (χ1) is 8.80. The van der Waals surface area contributed by atoms with Crippen molar-refractivity contribution in [1.82, 2.24) is 4.90 Å². The van der Waals surface area contributed by atoms with E-state index in [9.17, 15) is 9.90 Å². The lowest BCUT2D eigenvalue weighted by Gasteiger charge is -2.41. The molecule has 0 spiro atoms. The molecule has 1 unspecified atom stereocenters. The van der Waals surface area contributed by atoms with Crippen LogP contribution in [0.2, 0.25) is 0 Å². The quantitative estimate of drug-likeness (QED) is 0.790. The van der Waals surface area contributed by atoms with Crippen LogP contribution in [0.15, 0.2) is 0 Å². The Bertz CT molecular complexity index is 323. The van der Waals surface area contributed by atoms with Gasteiger partial charge in [-0.3, -0.25) is 0 Å². The summed E-state index contributed by atoms with van der Waals surface area (Å²) in [4.78, 5) is 13.6. The molecule has 1 atom stereocenters. The minimum Gasteiger partial charge on any atom is -0.444 e. The number of aliphatic hydroxyl groups is 1. The van der Waals surface area contributed by atoms with E-state index in [1.165, 1.54) is 0 Å². The third-order valence-electron chi connectivity index (χ3n) is 3.97. The van der Waals surface area contributed by atoms with Crippen LogP contribution in [0.4, 0.5) is 4.79 Å². The number of piperidine rings is 1. The van der Waals surface area contributed by atoms with E-state index in [-0.39, 0.29) is 12.0 Å². The molecule has 2 rings (SSSR count). The Labute approximate surface area is 114 Å². The molecule has 2 saturated heterocycles. The predicted molar refractivity (Wildman–Crippen MR) is 70.9 cm³/mol. The fraction of sp³-hybridized carbons (Fsp3) is 0.929. The molecule has 0 aromatic carbocycles. The van der Waals surface area contributed by atoms with Gasteiger partial charge in [0, 0.05) is 25.6 Å². The monoisotopic (exact) mass is 271 g/mol. The first kappa shape index (κ1) is 14.6. The zero-order valence-corrected chi connectivity index (χ0v) is 12.1. The molecule has 1 N–H and O–H groups in total. The van der Waals surface area contributed by atoms with E-state index in [0.29, 0.717) is 32.5 Å². The lowest BCUT2D eigenvalue weighted by Crippen LogP contribution is -2.51. The average molecular weight is 271 g/mol. The summed E-state index contributed by atoms with van der Waals surface area (Å²) in [5.41, 5.74) is -1.14. The molecule has 0 bridgehead atoms. The Morgan fingerprint density at radius 2 is 2.00 bits per heavy atom. The molecule has 0 aliphatic carbocycles. The fourth-order valence-electron chi connectivity index (χ4n) is 2.77. The van der Waals surface area contributed by atoms with Crippen molar-refractivity contribution in [3.8, 4) is 0 Å². The maximum Gasteiger partial charge on any atom is 0.410 e. The Kier molecular flexibility index (Phi) is 4.06. The van der Waals surface area contributed by atoms with Crippen molar-refractivity contribution in [1.29, 1.82) is 0 Å². The standard InChI is InChI=1S/C14H25NO4/c1-13(2,3)19-12(16)15-7-5-14(17,6-8-15)11-4-9-18-10-11/h11,17H,4-10H2,1-3H3. The number of hydrogen-bond donors (Lipinski definition) is 1. The number of hydrogen-bond acceptors (Lipinski definition) is 4. The van der Waals surface area contributed by atoms with Crippen LogP contribution in [-0.2, 0) is 9.47 Å². The SMILES string of the molecule is CC(C)(C)OC(=O)N1CCC(O)(C2CCOC2)CC1. The molecule has 1 amide bonds. The third-order valence-corrected chi connectivity index (χ3v) is 3.97. The van der Waals surface area contributed by atoms with Gasteiger partial charge in [-0.1, -0.05) is 0 Å². The Morgan fingerprint density at radius 1 is 1.37 bits per heavy atom. The molecule has 0 aromatic rings. The van der Waals surface area contributed by atoms with Crippen molar-refractivity contribution in [2.24, 2.45) is 5.92 Å². The van der Waals surface area contributed by atoms with E-state index in [1.54, 1.807) is 4.90 Å². The number of carbonyl (C=O) groups excluding carboxylic acids is 1. The molecule has 2 aliphatic heterocycles. The van der Waals surface area contributed by atoms with Crippen molar-refractivity contribution < 1.29 is 19.4 Å². The van der Waals surface area contributed by atoms with Gasteiger partial charge in [0.25, 0.3) is 0 Å². The van der Waals surface area contributed by atoms with Gasteiger partial charge in [0.05, 0.1) is 12.2 Å². The van der Waals surface area contributed by atoms with Gasteiger partial charge in [-0.25, -0.2) is 4.79 Å². The summed E-state index contributed by atoms with van der Waals surface area (Å²) in [5, 5.41) is 10.6. The lowest BCUT2D eigenvalue weighted by atomic mass is 9.79. The highest BCUT2D eigenvalue weighted by molar-refractivity contribution is 5.68. The molecular formula is C14H25NO4. The van der Waals surface area contributed by atoms with Crippen molar-refractivity contribution in [2.45, 2.75) is 51.2 Å². The molecule has 2 aliphatic rings. The summed E-state index contributed by atoms with van der Waals surface area (Å²) < 4.78 is 10.7. The average Bonchev–Trinajstić information content (AvgIpc) is 2.81. The summed E-state index contributed by atoms with van der Waals surface area (Å²) >= 11 is 0. The summed E-state index contributed by atoms with van der Waals surface area (Å²) in [6, 6.07) is 0. The number of nitrogens with zero attached hydrogens (tertiary/aromatic N) is 1. The van der Waals surface area contributed by atoms with E-state index in [2.05, 4.69) is 0 Å². The van der Waals surface area contributed by atoms with Gasteiger partial charge in [0.1, 0.15) is 5.60 Å². The second kappa shape index (κ2) is 5.29. The Morgan fingerprint density at radius 3 is 2.47 bits per heavy atom. The van der Waals surface area contributed by atoms with Crippen molar-refractivity contribution >= 4 is 6.09 Å². The normalized spacial score (nSPS) is 27.4. The minimum absolute atomic E-state index is 0.216. The summed E-state index contributed by atoms with van der Waals surface area (Å²) in [7, 11) is 0. The molecule has 0 radical (unpaired) electrons. The number of ether oxygens (including phenoxy) is 2. The Hall–Kier alpha value is -0.810. The van der Waals surface area contributed by atoms with Crippen LogP contribution in [-0.4, -0.2) is 53.6 Å². The molecule has 5 nitrogen and oxygen atoms in total. The topological polar surface area (TPSA) is 59.0 Å². The number of likely N-dealkylation sites (tertiary alicyclic amines) is 1. The molecule has 0 saturated carbocycles. The van der Waals surface area contributed by atoms with E-state index in [1.807, 2.05) is 20.8 Å². The summed E-state index contributed by atoms with van der Waals surface area (Å²) in [5.74, 6) is 0.216. The van der Waals surface area contributed by atoms with Gasteiger partial charge < -0.3 is 19.5 Å². The van der Waals surface area contributed by atoms with Crippen LogP contribution in [0, 0.1) is 5.92 Å². The second-order valence-corrected chi connectivity index (χ2v) is 6.63. The van der Waals surface area contributed by atoms with Crippen molar-refractivity contribution in [3.63, 3.8) is 0 Å². The summed E-state index contributed by atoms with van der Waals surface area (Å²) in [6.07, 6.45) is 1.86. The predicted octanol–water partition coefficient (Wildman–Crippen LogP) is 1.78. The lowest BCUT2D eigenvalue weighted by molar-refractivity contribution is -0.0699. The largest absolute Gasteiger partial charge is 0.444 e. The van der Waals surface area contributed by atoms with E-state index in [4.69, 9.17) is 9.47 Å². The molecule has 110 valence electrons. The number of rotatable bonds is 1. The van der Waals surface area contributed by atoms with Gasteiger partial charge in [-0.05, 0) is 40.0 Å². The summed E-state index contributed by atoms with van der Waals surface area (Å²) in [6.45, 7) is 8.08. The first-order valence-electron chi connectivity index (χ1n) is 7.08. The van der Waals surface area contributed by atoms with Crippen LogP contribution in [0.5, 0.6) is 0 Å². The number of amides is 1. The minimum atomic E-state index is -0.672. The second-order valence-electron chi connectivity index (χ2n) is 6.63. The number of carbonyl (C=O) groups is 1. The molecule has 0 aromatic heterocycles. The third kappa shape index (κ3) is 3.60. The fourth-order valence-corrected chi connectivity index (χ4v) is 2.77. The van der Waals surface area contributed by atoms with Crippen LogP contribution in [0.1, 0.15) is 40.0 Å². The van der Waals surface area contributed by atoms with Crippen LogP contribution in [0.3, 0.4) is 0 Å². The van der Waals surface area contributed by atoms with Crippen molar-refractivity contribution in [2.75, 3.05) is 26.3 Å². The molecule has 5 heteroatoms. The van der Waals surface area contributed by atoms with Gasteiger partial charge in [-0.2, -0.15) is 0 Å².